The largest absolute Gasteiger partial charge is 0.297 e. The van der Waals surface area contributed by atoms with Crippen molar-refractivity contribution >= 4 is 18.8 Å². The lowest BCUT2D eigenvalue weighted by Crippen LogP contribution is -1.85. The highest BCUT2D eigenvalue weighted by Gasteiger charge is 1.75. The summed E-state index contributed by atoms with van der Waals surface area (Å²) in [5, 5.41) is 0. The molecule has 0 amide bonds. The van der Waals surface area contributed by atoms with Crippen molar-refractivity contribution < 1.29 is 4.79 Å². The van der Waals surface area contributed by atoms with Crippen molar-refractivity contribution in [3.8, 4) is 0 Å². The molecule has 44 valence electrons. The molecule has 2 nitrogen and oxygen atoms in total. The first-order valence-electron chi connectivity index (χ1n) is 2.01. The molecule has 0 radical (unpaired) electrons. The molecule has 0 aliphatic rings. The predicted octanol–water partition coefficient (Wildman–Crippen LogP) is 0.948. The van der Waals surface area contributed by atoms with Crippen LogP contribution in [-0.4, -0.2) is 11.0 Å². The summed E-state index contributed by atoms with van der Waals surface area (Å²) in [6, 6.07) is 3.60. The molecule has 0 aromatic carbocycles. The predicted molar refractivity (Wildman–Crippen MR) is 33.8 cm³/mol. The Morgan fingerprint density at radius 1 is 1.25 bits per heavy atom. The molecule has 0 aliphatic heterocycles. The van der Waals surface area contributed by atoms with Crippen LogP contribution in [0.4, 0.5) is 0 Å². The van der Waals surface area contributed by atoms with Gasteiger partial charge in [0.05, 0.1) is 0 Å². The number of carbonyl (C=O) groups is 1. The molecule has 0 N–H and O–H groups in total. The normalized spacial score (nSPS) is 7.50. The van der Waals surface area contributed by atoms with Gasteiger partial charge in [0.15, 0.2) is 0 Å². The van der Waals surface area contributed by atoms with Gasteiger partial charge in [-0.25, -0.2) is 0 Å². The Labute approximate surface area is 53.5 Å². The Morgan fingerprint density at radius 2 is 1.75 bits per heavy atom. The molecule has 0 aliphatic carbocycles. The van der Waals surface area contributed by atoms with Gasteiger partial charge in [-0.2, -0.15) is 0 Å². The van der Waals surface area contributed by atoms with Crippen molar-refractivity contribution in [2.24, 2.45) is 0 Å². The van der Waals surface area contributed by atoms with Crippen LogP contribution < -0.4 is 0 Å². The molecule has 1 aromatic heterocycles. The molecule has 1 rings (SSSR count). The van der Waals surface area contributed by atoms with Crippen molar-refractivity contribution in [3.05, 3.63) is 24.5 Å². The molecule has 0 unspecified atom stereocenters. The SMILES string of the molecule is Cl.O=Cn1cccc1. The molecule has 0 atom stereocenters. The Hall–Kier alpha value is -0.760. The van der Waals surface area contributed by atoms with E-state index in [2.05, 4.69) is 0 Å². The van der Waals surface area contributed by atoms with Crippen molar-refractivity contribution in [1.82, 2.24) is 4.57 Å². The summed E-state index contributed by atoms with van der Waals surface area (Å²) < 4.78 is 1.44. The van der Waals surface area contributed by atoms with Gasteiger partial charge >= 0.3 is 0 Å². The van der Waals surface area contributed by atoms with E-state index in [1.807, 2.05) is 0 Å². The number of hydrogen-bond acceptors (Lipinski definition) is 1. The van der Waals surface area contributed by atoms with E-state index in [1.165, 1.54) is 4.57 Å². The second-order valence-electron chi connectivity index (χ2n) is 1.24. The van der Waals surface area contributed by atoms with E-state index in [-0.39, 0.29) is 12.4 Å². The summed E-state index contributed by atoms with van der Waals surface area (Å²) in [7, 11) is 0. The topological polar surface area (TPSA) is 22.0 Å². The average Bonchev–Trinajstić information content (AvgIpc) is 2.14. The number of carbonyl (C=O) groups excluding carboxylic acids is 1. The Kier molecular flexibility index (Phi) is 2.96. The maximum Gasteiger partial charge on any atom is 0.217 e. The summed E-state index contributed by atoms with van der Waals surface area (Å²) in [5.74, 6) is 0. The van der Waals surface area contributed by atoms with Gasteiger partial charge in [0.2, 0.25) is 6.41 Å². The van der Waals surface area contributed by atoms with Crippen LogP contribution in [0.2, 0.25) is 0 Å². The van der Waals surface area contributed by atoms with Crippen LogP contribution in [0.3, 0.4) is 0 Å². The lowest BCUT2D eigenvalue weighted by molar-refractivity contribution is 0.547. The maximum atomic E-state index is 9.83. The molecule has 8 heavy (non-hydrogen) atoms. The minimum absolute atomic E-state index is 0. The standard InChI is InChI=1S/C5H5NO.ClH/c7-5-6-3-1-2-4-6;/h1-5H;1H. The quantitative estimate of drug-likeness (QED) is 0.520. The molecule has 0 spiro atoms. The van der Waals surface area contributed by atoms with Crippen LogP contribution >= 0.6 is 12.4 Å². The lowest BCUT2D eigenvalue weighted by Gasteiger charge is -1.77. The molecule has 0 fully saturated rings. The van der Waals surface area contributed by atoms with Crippen molar-refractivity contribution in [3.63, 3.8) is 0 Å². The summed E-state index contributed by atoms with van der Waals surface area (Å²) in [4.78, 5) is 9.83. The van der Waals surface area contributed by atoms with Gasteiger partial charge in [0, 0.05) is 12.4 Å². The van der Waals surface area contributed by atoms with E-state index in [0.29, 0.717) is 0 Å². The van der Waals surface area contributed by atoms with Gasteiger partial charge in [-0.05, 0) is 12.1 Å². The molecular formula is C5H6ClNO. The van der Waals surface area contributed by atoms with Gasteiger partial charge in [0.1, 0.15) is 0 Å². The third kappa shape index (κ3) is 1.39. The summed E-state index contributed by atoms with van der Waals surface area (Å²) >= 11 is 0. The van der Waals surface area contributed by atoms with Crippen LogP contribution in [0.15, 0.2) is 24.5 Å². The van der Waals surface area contributed by atoms with E-state index < -0.39 is 0 Å². The first kappa shape index (κ1) is 7.24. The summed E-state index contributed by atoms with van der Waals surface area (Å²) in [5.41, 5.74) is 0. The van der Waals surface area contributed by atoms with Crippen LogP contribution in [0.25, 0.3) is 0 Å². The summed E-state index contributed by atoms with van der Waals surface area (Å²) in [6.07, 6.45) is 4.12. The van der Waals surface area contributed by atoms with Gasteiger partial charge in [-0.3, -0.25) is 9.36 Å². The van der Waals surface area contributed by atoms with E-state index in [9.17, 15) is 4.79 Å². The fraction of sp³-hybridized carbons (Fsp3) is 0. The third-order valence-corrected chi connectivity index (χ3v) is 0.749. The Bertz CT molecular complexity index is 147. The first-order valence-corrected chi connectivity index (χ1v) is 2.01. The van der Waals surface area contributed by atoms with Gasteiger partial charge in [-0.1, -0.05) is 0 Å². The summed E-state index contributed by atoms with van der Waals surface area (Å²) in [6.45, 7) is 0. The number of halogens is 1. The molecule has 1 aromatic rings. The number of hydrogen-bond donors (Lipinski definition) is 0. The second-order valence-corrected chi connectivity index (χ2v) is 1.24. The van der Waals surface area contributed by atoms with E-state index in [4.69, 9.17) is 0 Å². The number of rotatable bonds is 1. The highest BCUT2D eigenvalue weighted by Crippen LogP contribution is 1.81. The van der Waals surface area contributed by atoms with Crippen molar-refractivity contribution in [1.29, 1.82) is 0 Å². The molecule has 0 bridgehead atoms. The first-order chi connectivity index (χ1) is 3.43. The van der Waals surface area contributed by atoms with Gasteiger partial charge < -0.3 is 0 Å². The zero-order valence-corrected chi connectivity index (χ0v) is 4.97. The van der Waals surface area contributed by atoms with Crippen LogP contribution in [0, 0.1) is 0 Å². The Balaban J connectivity index is 0.000000490. The van der Waals surface area contributed by atoms with Crippen LogP contribution in [-0.2, 0) is 4.79 Å². The second kappa shape index (κ2) is 3.27. The molecule has 0 saturated heterocycles. The Morgan fingerprint density at radius 3 is 2.00 bits per heavy atom. The zero-order valence-electron chi connectivity index (χ0n) is 4.15. The van der Waals surface area contributed by atoms with E-state index >= 15 is 0 Å². The monoisotopic (exact) mass is 131 g/mol. The highest BCUT2D eigenvalue weighted by atomic mass is 35.5. The minimum atomic E-state index is 0. The maximum absolute atomic E-state index is 9.83. The van der Waals surface area contributed by atoms with E-state index in [0.717, 1.165) is 6.41 Å². The van der Waals surface area contributed by atoms with Crippen LogP contribution in [0.5, 0.6) is 0 Å². The number of nitrogens with zero attached hydrogens (tertiary/aromatic N) is 1. The fourth-order valence-electron chi connectivity index (χ4n) is 0.418. The molecular weight excluding hydrogens is 126 g/mol. The zero-order chi connectivity index (χ0) is 5.11. The van der Waals surface area contributed by atoms with Gasteiger partial charge in [-0.15, -0.1) is 12.4 Å². The fourth-order valence-corrected chi connectivity index (χ4v) is 0.418. The average molecular weight is 132 g/mol. The minimum Gasteiger partial charge on any atom is -0.297 e. The smallest absolute Gasteiger partial charge is 0.217 e. The third-order valence-electron chi connectivity index (χ3n) is 0.749. The lowest BCUT2D eigenvalue weighted by atomic mass is 10.7. The van der Waals surface area contributed by atoms with Crippen LogP contribution in [0.1, 0.15) is 0 Å². The highest BCUT2D eigenvalue weighted by molar-refractivity contribution is 5.85. The van der Waals surface area contributed by atoms with Crippen molar-refractivity contribution in [2.75, 3.05) is 0 Å². The van der Waals surface area contributed by atoms with Crippen molar-refractivity contribution in [2.45, 2.75) is 0 Å². The van der Waals surface area contributed by atoms with Gasteiger partial charge in [0.25, 0.3) is 0 Å². The molecule has 3 heteroatoms. The van der Waals surface area contributed by atoms with E-state index in [1.54, 1.807) is 24.5 Å². The molecule has 0 saturated carbocycles. The molecule has 1 heterocycles. The number of aromatic nitrogens is 1.